The van der Waals surface area contributed by atoms with Crippen LogP contribution in [0.25, 0.3) is 0 Å². The molecule has 102 valence electrons. The van der Waals surface area contributed by atoms with Crippen molar-refractivity contribution in [2.75, 3.05) is 19.1 Å². The molecule has 0 fully saturated rings. The van der Waals surface area contributed by atoms with Gasteiger partial charge < -0.3 is 10.6 Å². The minimum Gasteiger partial charge on any atom is -0.342 e. The Morgan fingerprint density at radius 1 is 1.41 bits per heavy atom. The Hall–Kier alpha value is -0.220. The van der Waals surface area contributed by atoms with E-state index in [0.717, 1.165) is 12.2 Å². The third-order valence-electron chi connectivity index (χ3n) is 2.77. The lowest BCUT2D eigenvalue weighted by atomic mass is 9.87. The number of carbonyl (C=O) groups excluding carboxylic acids is 1. The summed E-state index contributed by atoms with van der Waals surface area (Å²) < 4.78 is 0. The molecule has 0 radical (unpaired) electrons. The van der Waals surface area contributed by atoms with E-state index in [-0.39, 0.29) is 23.4 Å². The highest BCUT2D eigenvalue weighted by molar-refractivity contribution is 7.98. The first kappa shape index (κ1) is 16.8. The Labute approximate surface area is 111 Å². The van der Waals surface area contributed by atoms with Crippen molar-refractivity contribution in [2.45, 2.75) is 52.6 Å². The van der Waals surface area contributed by atoms with Crippen molar-refractivity contribution in [1.29, 1.82) is 0 Å². The highest BCUT2D eigenvalue weighted by Gasteiger charge is 2.21. The first-order chi connectivity index (χ1) is 7.67. The van der Waals surface area contributed by atoms with E-state index in [0.29, 0.717) is 6.42 Å². The molecule has 2 atom stereocenters. The summed E-state index contributed by atoms with van der Waals surface area (Å²) in [6, 6.07) is 0.241. The van der Waals surface area contributed by atoms with Crippen LogP contribution in [-0.4, -0.2) is 41.9 Å². The third kappa shape index (κ3) is 7.66. The molecule has 0 aliphatic heterocycles. The van der Waals surface area contributed by atoms with Gasteiger partial charge in [0.25, 0.3) is 0 Å². The predicted octanol–water partition coefficient (Wildman–Crippen LogP) is 2.35. The van der Waals surface area contributed by atoms with Crippen LogP contribution in [0.2, 0.25) is 0 Å². The molecule has 17 heavy (non-hydrogen) atoms. The van der Waals surface area contributed by atoms with Crippen LogP contribution in [0.15, 0.2) is 0 Å². The highest BCUT2D eigenvalue weighted by Crippen LogP contribution is 2.21. The topological polar surface area (TPSA) is 46.3 Å². The van der Waals surface area contributed by atoms with Gasteiger partial charge in [0.05, 0.1) is 0 Å². The van der Waals surface area contributed by atoms with Gasteiger partial charge in [-0.15, -0.1) is 0 Å². The molecule has 0 saturated heterocycles. The summed E-state index contributed by atoms with van der Waals surface area (Å²) in [6.07, 6.45) is 3.39. The zero-order valence-electron chi connectivity index (χ0n) is 12.1. The van der Waals surface area contributed by atoms with Crippen LogP contribution in [0.5, 0.6) is 0 Å². The van der Waals surface area contributed by atoms with Crippen molar-refractivity contribution in [3.05, 3.63) is 0 Å². The summed E-state index contributed by atoms with van der Waals surface area (Å²) >= 11 is 1.76. The van der Waals surface area contributed by atoms with Crippen molar-refractivity contribution < 1.29 is 4.79 Å². The van der Waals surface area contributed by atoms with Gasteiger partial charge in [0.15, 0.2) is 0 Å². The average molecular weight is 260 g/mol. The van der Waals surface area contributed by atoms with E-state index in [4.69, 9.17) is 5.73 Å². The summed E-state index contributed by atoms with van der Waals surface area (Å²) in [4.78, 5) is 13.8. The number of rotatable bonds is 6. The lowest BCUT2D eigenvalue weighted by Gasteiger charge is -2.27. The van der Waals surface area contributed by atoms with Crippen LogP contribution in [0.1, 0.15) is 40.5 Å². The van der Waals surface area contributed by atoms with Gasteiger partial charge in [0, 0.05) is 31.3 Å². The highest BCUT2D eigenvalue weighted by atomic mass is 32.2. The number of thioether (sulfide) groups is 1. The molecule has 0 saturated carbocycles. The van der Waals surface area contributed by atoms with E-state index < -0.39 is 0 Å². The van der Waals surface area contributed by atoms with Gasteiger partial charge in [-0.2, -0.15) is 11.8 Å². The fourth-order valence-electron chi connectivity index (χ4n) is 1.83. The van der Waals surface area contributed by atoms with Crippen LogP contribution in [0.3, 0.4) is 0 Å². The molecule has 0 aromatic heterocycles. The second kappa shape index (κ2) is 7.27. The van der Waals surface area contributed by atoms with Crippen LogP contribution in [-0.2, 0) is 4.79 Å². The van der Waals surface area contributed by atoms with Gasteiger partial charge in [-0.3, -0.25) is 4.79 Å². The maximum absolute atomic E-state index is 12.0. The molecule has 0 spiro atoms. The standard InChI is InChI=1S/C13H28N2OS/c1-10(9-17-6)15(5)12(16)7-11(14)8-13(2,3)4/h10-11H,7-9,14H2,1-6H3. The monoisotopic (exact) mass is 260 g/mol. The Bertz CT molecular complexity index is 238. The number of nitrogens with zero attached hydrogens (tertiary/aromatic N) is 1. The normalized spacial score (nSPS) is 15.5. The third-order valence-corrected chi connectivity index (χ3v) is 3.59. The average Bonchev–Trinajstić information content (AvgIpc) is 2.13. The first-order valence-electron chi connectivity index (χ1n) is 6.17. The molecular weight excluding hydrogens is 232 g/mol. The second-order valence-corrected chi connectivity index (χ2v) is 6.95. The van der Waals surface area contributed by atoms with Crippen LogP contribution >= 0.6 is 11.8 Å². The van der Waals surface area contributed by atoms with E-state index >= 15 is 0 Å². The Balaban J connectivity index is 4.16. The summed E-state index contributed by atoms with van der Waals surface area (Å²) in [5.41, 5.74) is 6.20. The molecule has 0 aliphatic carbocycles. The van der Waals surface area contributed by atoms with Crippen molar-refractivity contribution in [3.8, 4) is 0 Å². The molecule has 4 heteroatoms. The summed E-state index contributed by atoms with van der Waals surface area (Å²) in [6.45, 7) is 8.52. The zero-order chi connectivity index (χ0) is 13.6. The molecule has 2 unspecified atom stereocenters. The summed E-state index contributed by atoms with van der Waals surface area (Å²) in [5.74, 6) is 1.12. The molecule has 3 nitrogen and oxygen atoms in total. The maximum atomic E-state index is 12.0. The maximum Gasteiger partial charge on any atom is 0.224 e. The van der Waals surface area contributed by atoms with E-state index in [1.165, 1.54) is 0 Å². The second-order valence-electron chi connectivity index (χ2n) is 6.04. The molecule has 0 rings (SSSR count). The van der Waals surface area contributed by atoms with Crippen molar-refractivity contribution in [3.63, 3.8) is 0 Å². The largest absolute Gasteiger partial charge is 0.342 e. The van der Waals surface area contributed by atoms with Crippen LogP contribution in [0, 0.1) is 5.41 Å². The fourth-order valence-corrected chi connectivity index (χ4v) is 2.53. The van der Waals surface area contributed by atoms with E-state index in [1.807, 2.05) is 11.9 Å². The molecule has 0 heterocycles. The zero-order valence-corrected chi connectivity index (χ0v) is 12.9. The molecular formula is C13H28N2OS. The Kier molecular flexibility index (Phi) is 7.17. The summed E-state index contributed by atoms with van der Waals surface area (Å²) in [7, 11) is 1.87. The molecule has 0 aliphatic rings. The number of amides is 1. The lowest BCUT2D eigenvalue weighted by molar-refractivity contribution is -0.131. The SMILES string of the molecule is CSCC(C)N(C)C(=O)CC(N)CC(C)(C)C. The first-order valence-corrected chi connectivity index (χ1v) is 7.57. The number of carbonyl (C=O) groups is 1. The smallest absolute Gasteiger partial charge is 0.224 e. The van der Waals surface area contributed by atoms with Crippen LogP contribution < -0.4 is 5.73 Å². The molecule has 0 aromatic rings. The van der Waals surface area contributed by atoms with Gasteiger partial charge >= 0.3 is 0 Å². The fraction of sp³-hybridized carbons (Fsp3) is 0.923. The number of hydrogen-bond donors (Lipinski definition) is 1. The van der Waals surface area contributed by atoms with E-state index in [1.54, 1.807) is 11.8 Å². The summed E-state index contributed by atoms with van der Waals surface area (Å²) in [5, 5.41) is 0. The van der Waals surface area contributed by atoms with Gasteiger partial charge in [-0.25, -0.2) is 0 Å². The number of nitrogens with two attached hydrogens (primary N) is 1. The Morgan fingerprint density at radius 3 is 2.35 bits per heavy atom. The minimum atomic E-state index is -0.0357. The molecule has 2 N–H and O–H groups in total. The van der Waals surface area contributed by atoms with E-state index in [2.05, 4.69) is 34.0 Å². The number of hydrogen-bond acceptors (Lipinski definition) is 3. The van der Waals surface area contributed by atoms with Crippen LogP contribution in [0.4, 0.5) is 0 Å². The molecule has 1 amide bonds. The van der Waals surface area contributed by atoms with Crippen molar-refractivity contribution in [2.24, 2.45) is 11.1 Å². The van der Waals surface area contributed by atoms with Gasteiger partial charge in [-0.1, -0.05) is 20.8 Å². The van der Waals surface area contributed by atoms with Gasteiger partial charge in [0.1, 0.15) is 0 Å². The van der Waals surface area contributed by atoms with Crippen molar-refractivity contribution in [1.82, 2.24) is 4.90 Å². The quantitative estimate of drug-likeness (QED) is 0.797. The van der Waals surface area contributed by atoms with Crippen molar-refractivity contribution >= 4 is 17.7 Å². The van der Waals surface area contributed by atoms with Gasteiger partial charge in [-0.05, 0) is 25.0 Å². The lowest BCUT2D eigenvalue weighted by Crippen LogP contribution is -2.40. The minimum absolute atomic E-state index is 0.0357. The van der Waals surface area contributed by atoms with Gasteiger partial charge in [0.2, 0.25) is 5.91 Å². The predicted molar refractivity (Wildman–Crippen MR) is 77.3 cm³/mol. The Morgan fingerprint density at radius 2 is 1.94 bits per heavy atom. The molecule has 0 bridgehead atoms. The van der Waals surface area contributed by atoms with E-state index in [9.17, 15) is 4.79 Å². The molecule has 0 aromatic carbocycles.